The third-order valence-corrected chi connectivity index (χ3v) is 6.86. The standard InChI is InChI=1S/C18H25N5O2S/c1-10-14(11(2)22(3)20-10)16-15-17(19-13(24)9-26-16)23(21-18(15)25)12-7-5-4-6-8-12/h12,16H,4-9H2,1-3H3,(H,19,24)(H,21,25)/t16-/m1/s1. The number of aromatic amines is 1. The van der Waals surface area contributed by atoms with Crippen LogP contribution in [0.3, 0.4) is 0 Å². The zero-order valence-electron chi connectivity index (χ0n) is 15.5. The molecule has 0 spiro atoms. The van der Waals surface area contributed by atoms with E-state index in [0.29, 0.717) is 17.1 Å². The normalized spacial score (nSPS) is 21.3. The highest BCUT2D eigenvalue weighted by Gasteiger charge is 2.34. The van der Waals surface area contributed by atoms with Gasteiger partial charge in [0.15, 0.2) is 0 Å². The van der Waals surface area contributed by atoms with E-state index in [2.05, 4.69) is 15.5 Å². The minimum atomic E-state index is -0.189. The monoisotopic (exact) mass is 375 g/mol. The summed E-state index contributed by atoms with van der Waals surface area (Å²) in [6, 6.07) is 0.250. The smallest absolute Gasteiger partial charge is 0.270 e. The summed E-state index contributed by atoms with van der Waals surface area (Å²) in [4.78, 5) is 25.3. The van der Waals surface area contributed by atoms with Gasteiger partial charge in [-0.05, 0) is 26.7 Å². The Morgan fingerprint density at radius 2 is 1.85 bits per heavy atom. The van der Waals surface area contributed by atoms with Gasteiger partial charge in [-0.3, -0.25) is 24.1 Å². The van der Waals surface area contributed by atoms with Crippen LogP contribution < -0.4 is 10.9 Å². The molecule has 3 heterocycles. The van der Waals surface area contributed by atoms with Gasteiger partial charge in [0, 0.05) is 18.3 Å². The molecule has 1 saturated carbocycles. The Balaban J connectivity index is 1.87. The number of thioether (sulfide) groups is 1. The lowest BCUT2D eigenvalue weighted by Gasteiger charge is -2.24. The van der Waals surface area contributed by atoms with E-state index < -0.39 is 0 Å². The van der Waals surface area contributed by atoms with Crippen LogP contribution in [-0.4, -0.2) is 31.2 Å². The van der Waals surface area contributed by atoms with Crippen molar-refractivity contribution in [2.75, 3.05) is 11.1 Å². The maximum Gasteiger partial charge on any atom is 0.270 e. The Labute approximate surface area is 156 Å². The number of anilines is 1. The molecule has 1 aliphatic heterocycles. The molecule has 7 nitrogen and oxygen atoms in total. The summed E-state index contributed by atoms with van der Waals surface area (Å²) in [5.74, 6) is 0.933. The summed E-state index contributed by atoms with van der Waals surface area (Å²) in [5.41, 5.74) is 3.54. The minimum Gasteiger partial charge on any atom is -0.310 e. The zero-order chi connectivity index (χ0) is 18.4. The number of nitrogens with one attached hydrogen (secondary N) is 2. The molecule has 4 rings (SSSR count). The molecule has 0 unspecified atom stereocenters. The van der Waals surface area contributed by atoms with Crippen LogP contribution in [0.4, 0.5) is 5.82 Å². The van der Waals surface area contributed by atoms with Crippen LogP contribution >= 0.6 is 11.8 Å². The molecule has 26 heavy (non-hydrogen) atoms. The predicted molar refractivity (Wildman–Crippen MR) is 103 cm³/mol. The number of nitrogens with zero attached hydrogens (tertiary/aromatic N) is 3. The Bertz CT molecular complexity index is 904. The first-order chi connectivity index (χ1) is 12.5. The molecule has 1 atom stereocenters. The van der Waals surface area contributed by atoms with Crippen LogP contribution in [0.15, 0.2) is 4.79 Å². The summed E-state index contributed by atoms with van der Waals surface area (Å²) in [7, 11) is 1.91. The molecule has 2 aliphatic rings. The van der Waals surface area contributed by atoms with Crippen molar-refractivity contribution in [2.45, 2.75) is 57.2 Å². The molecule has 2 aromatic heterocycles. The summed E-state index contributed by atoms with van der Waals surface area (Å²) in [5, 5.41) is 10.3. The van der Waals surface area contributed by atoms with Crippen LogP contribution in [0, 0.1) is 13.8 Å². The molecule has 2 N–H and O–H groups in total. The molecule has 1 fully saturated rings. The van der Waals surface area contributed by atoms with Gasteiger partial charge in [-0.1, -0.05) is 19.3 Å². The first-order valence-electron chi connectivity index (χ1n) is 9.23. The van der Waals surface area contributed by atoms with E-state index in [1.807, 2.05) is 30.3 Å². The van der Waals surface area contributed by atoms with Crippen LogP contribution in [-0.2, 0) is 11.8 Å². The summed E-state index contributed by atoms with van der Waals surface area (Å²) in [6.07, 6.45) is 5.63. The fourth-order valence-corrected chi connectivity index (χ4v) is 5.54. The maximum atomic E-state index is 12.9. The third-order valence-electron chi connectivity index (χ3n) is 5.63. The van der Waals surface area contributed by atoms with Gasteiger partial charge in [0.05, 0.1) is 28.3 Å². The quantitative estimate of drug-likeness (QED) is 0.845. The lowest BCUT2D eigenvalue weighted by atomic mass is 9.95. The van der Waals surface area contributed by atoms with Gasteiger partial charge in [-0.2, -0.15) is 5.10 Å². The maximum absolute atomic E-state index is 12.9. The average molecular weight is 375 g/mol. The summed E-state index contributed by atoms with van der Waals surface area (Å²) in [6.45, 7) is 3.98. The Kier molecular flexibility index (Phi) is 4.46. The van der Waals surface area contributed by atoms with Crippen LogP contribution in [0.1, 0.15) is 65.9 Å². The van der Waals surface area contributed by atoms with E-state index in [-0.39, 0.29) is 22.8 Å². The van der Waals surface area contributed by atoms with E-state index in [1.165, 1.54) is 18.2 Å². The number of rotatable bonds is 2. The number of carbonyl (C=O) groups excluding carboxylic acids is 1. The van der Waals surface area contributed by atoms with Gasteiger partial charge in [0.25, 0.3) is 5.56 Å². The van der Waals surface area contributed by atoms with Gasteiger partial charge in [0.2, 0.25) is 5.91 Å². The number of carbonyl (C=O) groups is 1. The summed E-state index contributed by atoms with van der Waals surface area (Å²) < 4.78 is 3.77. The second-order valence-corrected chi connectivity index (χ2v) is 8.41. The SMILES string of the molecule is Cc1nn(C)c(C)c1[C@H]1SCC(=O)Nc2c1c(=O)[nH]n2C1CCCCC1. The Morgan fingerprint density at radius 3 is 2.50 bits per heavy atom. The van der Waals surface area contributed by atoms with E-state index in [1.54, 1.807) is 0 Å². The number of H-pyrrole nitrogens is 1. The van der Waals surface area contributed by atoms with E-state index in [9.17, 15) is 9.59 Å². The first-order valence-corrected chi connectivity index (χ1v) is 10.3. The molecule has 140 valence electrons. The van der Waals surface area contributed by atoms with Gasteiger partial charge < -0.3 is 5.32 Å². The molecule has 0 saturated heterocycles. The van der Waals surface area contributed by atoms with Crippen LogP contribution in [0.2, 0.25) is 0 Å². The highest BCUT2D eigenvalue weighted by atomic mass is 32.2. The summed E-state index contributed by atoms with van der Waals surface area (Å²) >= 11 is 1.51. The fourth-order valence-electron chi connectivity index (χ4n) is 4.25. The lowest BCUT2D eigenvalue weighted by molar-refractivity contribution is -0.113. The van der Waals surface area contributed by atoms with Gasteiger partial charge in [0.1, 0.15) is 5.82 Å². The topological polar surface area (TPSA) is 84.7 Å². The van der Waals surface area contributed by atoms with Gasteiger partial charge in [-0.25, -0.2) is 0 Å². The lowest BCUT2D eigenvalue weighted by Crippen LogP contribution is -2.21. The number of amides is 1. The third kappa shape index (κ3) is 2.80. The molecule has 8 heteroatoms. The molecule has 1 amide bonds. The van der Waals surface area contributed by atoms with E-state index in [4.69, 9.17) is 0 Å². The number of hydrogen-bond acceptors (Lipinski definition) is 4. The van der Waals surface area contributed by atoms with E-state index in [0.717, 1.165) is 42.6 Å². The minimum absolute atomic E-state index is 0.0542. The molecule has 0 bridgehead atoms. The van der Waals surface area contributed by atoms with Crippen molar-refractivity contribution in [1.82, 2.24) is 19.6 Å². The second kappa shape index (κ2) is 6.64. The molecule has 2 aromatic rings. The largest absolute Gasteiger partial charge is 0.310 e. The second-order valence-electron chi connectivity index (χ2n) is 7.31. The molecular weight excluding hydrogens is 350 g/mol. The van der Waals surface area contributed by atoms with Crippen molar-refractivity contribution in [3.05, 3.63) is 32.9 Å². The van der Waals surface area contributed by atoms with Crippen molar-refractivity contribution < 1.29 is 4.79 Å². The van der Waals surface area contributed by atoms with Crippen molar-refractivity contribution in [2.24, 2.45) is 7.05 Å². The van der Waals surface area contributed by atoms with Gasteiger partial charge >= 0.3 is 0 Å². The first kappa shape index (κ1) is 17.5. The van der Waals surface area contributed by atoms with Crippen molar-refractivity contribution >= 4 is 23.5 Å². The van der Waals surface area contributed by atoms with Gasteiger partial charge in [-0.15, -0.1) is 11.8 Å². The van der Waals surface area contributed by atoms with Crippen molar-refractivity contribution in [3.63, 3.8) is 0 Å². The Morgan fingerprint density at radius 1 is 1.12 bits per heavy atom. The molecule has 1 aliphatic carbocycles. The number of hydrogen-bond donors (Lipinski definition) is 2. The number of aryl methyl sites for hydroxylation is 2. The highest BCUT2D eigenvalue weighted by Crippen LogP contribution is 2.43. The molecule has 0 radical (unpaired) electrons. The van der Waals surface area contributed by atoms with Crippen molar-refractivity contribution in [3.8, 4) is 0 Å². The average Bonchev–Trinajstić information content (AvgIpc) is 2.99. The number of aromatic nitrogens is 4. The predicted octanol–water partition coefficient (Wildman–Crippen LogP) is 2.81. The zero-order valence-corrected chi connectivity index (χ0v) is 16.3. The highest BCUT2D eigenvalue weighted by molar-refractivity contribution is 8.00. The Hall–Kier alpha value is -1.96. The van der Waals surface area contributed by atoms with Crippen LogP contribution in [0.5, 0.6) is 0 Å². The fraction of sp³-hybridized carbons (Fsp3) is 0.611. The van der Waals surface area contributed by atoms with Crippen LogP contribution in [0.25, 0.3) is 0 Å². The number of fused-ring (bicyclic) bond motifs is 1. The van der Waals surface area contributed by atoms with E-state index >= 15 is 0 Å². The molecular formula is C18H25N5O2S. The molecule has 0 aromatic carbocycles. The van der Waals surface area contributed by atoms with Crippen molar-refractivity contribution in [1.29, 1.82) is 0 Å².